The Kier molecular flexibility index (Phi) is 20.5. The molecule has 0 unspecified atom stereocenters. The highest BCUT2D eigenvalue weighted by atomic mass is 15.1. The molecule has 684 valence electrons. The summed E-state index contributed by atoms with van der Waals surface area (Å²) in [7, 11) is 0. The van der Waals surface area contributed by atoms with Crippen molar-refractivity contribution in [2.45, 2.75) is 0 Å². The van der Waals surface area contributed by atoms with Crippen LogP contribution in [0.15, 0.2) is 558 Å². The lowest BCUT2D eigenvalue weighted by Gasteiger charge is -2.13. The second kappa shape index (κ2) is 35.4. The first kappa shape index (κ1) is 84.5. The van der Waals surface area contributed by atoms with Gasteiger partial charge in [-0.3, -0.25) is 0 Å². The minimum Gasteiger partial charge on any atom is -0.309 e. The third kappa shape index (κ3) is 13.9. The number of hydrogen-bond donors (Lipinski definition) is 0. The second-order valence-corrected chi connectivity index (χ2v) is 37.7. The molecule has 146 heavy (non-hydrogen) atoms. The molecule has 0 aliphatic heterocycles. The molecule has 0 bridgehead atoms. The van der Waals surface area contributed by atoms with E-state index in [1.54, 1.807) is 0 Å². The molecule has 0 spiro atoms. The zero-order valence-electron chi connectivity index (χ0n) is 79.7. The van der Waals surface area contributed by atoms with Crippen molar-refractivity contribution in [1.82, 2.24) is 36.5 Å². The zero-order valence-corrected chi connectivity index (χ0v) is 79.7. The minimum atomic E-state index is 1.16. The van der Waals surface area contributed by atoms with Crippen molar-refractivity contribution in [3.05, 3.63) is 558 Å². The summed E-state index contributed by atoms with van der Waals surface area (Å²) in [5, 5.41) is 20.3. The number of aromatic nitrogens is 8. The summed E-state index contributed by atoms with van der Waals surface area (Å²) in [5.74, 6) is 0. The Morgan fingerprint density at radius 2 is 0.260 bits per heavy atom. The molecule has 0 amide bonds. The normalized spacial score (nSPS) is 11.7. The SMILES string of the molecule is c1ccc(-c2ccc(-n3c4ccccc4c4c3ccc3c5ccccc5n(-c5ccccc5)c34)cc2)cc1.c1ccc(-c2ccc(-n3c4ccccc4c4cc5c(cc43)c3ccccc3n5-c3ccccc3)cc2)cc1.c1ccc(-c2ccc(-n3c4ccccc4c4ccc5c6ccccc6n(-c6ccccc6)c5c43)cc2)cc1.c1ccc(-n2c3ccccc3c3ccc4c5ccccc5n(-c5ccccc5)c4c32)cc1. The van der Waals surface area contributed by atoms with Gasteiger partial charge in [-0.1, -0.05) is 394 Å². The van der Waals surface area contributed by atoms with Crippen LogP contribution in [0.5, 0.6) is 0 Å². The summed E-state index contributed by atoms with van der Waals surface area (Å²) >= 11 is 0. The third-order valence-corrected chi connectivity index (χ3v) is 29.6. The van der Waals surface area contributed by atoms with E-state index in [4.69, 9.17) is 0 Å². The van der Waals surface area contributed by atoms with Crippen LogP contribution in [0.4, 0.5) is 0 Å². The largest absolute Gasteiger partial charge is 0.309 e. The molecule has 8 heterocycles. The lowest BCUT2D eigenvalue weighted by atomic mass is 10.1. The standard InChI is InChI=1S/3C36H24N2.C30H20N2/c1-3-11-25(12-4-1)26-19-21-28(22-20-26)38-34-18-10-8-16-30(34)32-23-35-31(24-36(32)38)29-15-7-9-17-33(29)37(35)27-13-5-2-6-14-27;1-3-11-25(12-4-1)26-19-21-28(22-20-26)37-33-18-10-8-16-31(33)35-34(37)24-23-30-29-15-7-9-17-32(29)38(36(30)35)27-13-5-2-6-14-27;1-3-11-25(12-4-1)26-19-21-28(22-20-26)38-34-18-10-8-16-30(34)32-24-23-31-29-15-7-9-17-33(29)37(35(31)36(32)38)27-13-5-2-6-14-27;1-3-11-21(12-4-1)31-27-17-9-7-15-23(27)25-19-20-26-24-16-8-10-18-28(24)32(30(26)29(25)31)22-13-5-2-6-14-22/h3*1-24H;1-20H. The molecule has 0 atom stereocenters. The van der Waals surface area contributed by atoms with E-state index >= 15 is 0 Å². The molecule has 0 saturated heterocycles. The van der Waals surface area contributed by atoms with Crippen molar-refractivity contribution < 1.29 is 0 Å². The third-order valence-electron chi connectivity index (χ3n) is 29.6. The van der Waals surface area contributed by atoms with Crippen LogP contribution in [0.1, 0.15) is 0 Å². The number of nitrogens with zero attached hydrogens (tertiary/aromatic N) is 8. The average molecular weight is 1860 g/mol. The molecule has 0 saturated carbocycles. The van der Waals surface area contributed by atoms with E-state index in [2.05, 4.69) is 595 Å². The molecular weight excluding hydrogens is 1770 g/mol. The molecule has 0 fully saturated rings. The number of fused-ring (bicyclic) bond motifs is 27. The van der Waals surface area contributed by atoms with Gasteiger partial charge in [0.2, 0.25) is 0 Å². The molecule has 0 aliphatic rings. The lowest BCUT2D eigenvalue weighted by molar-refractivity contribution is 1.15. The molecule has 0 aliphatic carbocycles. The van der Waals surface area contributed by atoms with E-state index in [1.807, 2.05) is 0 Å². The molecule has 31 aromatic rings. The Morgan fingerprint density at radius 1 is 0.0890 bits per heavy atom. The topological polar surface area (TPSA) is 39.4 Å². The van der Waals surface area contributed by atoms with Gasteiger partial charge < -0.3 is 36.5 Å². The summed E-state index contributed by atoms with van der Waals surface area (Å²) < 4.78 is 19.4. The second-order valence-electron chi connectivity index (χ2n) is 37.7. The van der Waals surface area contributed by atoms with Crippen molar-refractivity contribution in [2.75, 3.05) is 0 Å². The summed E-state index contributed by atoms with van der Waals surface area (Å²) in [5.41, 5.74) is 36.4. The van der Waals surface area contributed by atoms with Gasteiger partial charge in [0.15, 0.2) is 0 Å². The molecule has 0 radical (unpaired) electrons. The van der Waals surface area contributed by atoms with Gasteiger partial charge in [-0.05, 0) is 197 Å². The van der Waals surface area contributed by atoms with E-state index < -0.39 is 0 Å². The Morgan fingerprint density at radius 3 is 0.534 bits per heavy atom. The van der Waals surface area contributed by atoms with Crippen molar-refractivity contribution in [3.63, 3.8) is 0 Å². The Labute approximate surface area is 842 Å². The number of para-hydroxylation sites is 13. The maximum absolute atomic E-state index is 2.44. The van der Waals surface area contributed by atoms with Crippen LogP contribution in [0.25, 0.3) is 253 Å². The summed E-state index contributed by atoms with van der Waals surface area (Å²) in [6.07, 6.45) is 0. The van der Waals surface area contributed by atoms with Crippen LogP contribution >= 0.6 is 0 Å². The van der Waals surface area contributed by atoms with Crippen molar-refractivity contribution in [1.29, 1.82) is 0 Å². The van der Waals surface area contributed by atoms with Gasteiger partial charge in [-0.2, -0.15) is 0 Å². The monoisotopic (exact) mass is 1860 g/mol. The van der Waals surface area contributed by atoms with E-state index in [1.165, 1.54) is 242 Å². The lowest BCUT2D eigenvalue weighted by Crippen LogP contribution is -1.98. The predicted octanol–water partition coefficient (Wildman–Crippen LogP) is 36.5. The Bertz CT molecular complexity index is 10300. The van der Waals surface area contributed by atoms with Crippen LogP contribution in [0, 0.1) is 0 Å². The van der Waals surface area contributed by atoms with Gasteiger partial charge in [0, 0.05) is 132 Å². The van der Waals surface area contributed by atoms with Gasteiger partial charge in [0.05, 0.1) is 88.3 Å². The van der Waals surface area contributed by atoms with Crippen molar-refractivity contribution in [3.8, 4) is 78.9 Å². The first-order chi connectivity index (χ1) is 72.5. The fourth-order valence-corrected chi connectivity index (χ4v) is 23.3. The molecule has 8 heteroatoms. The van der Waals surface area contributed by atoms with Gasteiger partial charge in [-0.25, -0.2) is 0 Å². The smallest absolute Gasteiger partial charge is 0.0788 e. The molecule has 8 aromatic heterocycles. The molecule has 31 rings (SSSR count). The highest BCUT2D eigenvalue weighted by Gasteiger charge is 2.27. The van der Waals surface area contributed by atoms with Gasteiger partial charge in [0.1, 0.15) is 0 Å². The van der Waals surface area contributed by atoms with Crippen LogP contribution in [-0.2, 0) is 0 Å². The van der Waals surface area contributed by atoms with Gasteiger partial charge in [-0.15, -0.1) is 0 Å². The highest BCUT2D eigenvalue weighted by Crippen LogP contribution is 2.49. The van der Waals surface area contributed by atoms with Crippen molar-refractivity contribution >= 4 is 174 Å². The first-order valence-corrected chi connectivity index (χ1v) is 50.1. The zero-order chi connectivity index (χ0) is 96.2. The fraction of sp³-hybridized carbons (Fsp3) is 0. The summed E-state index contributed by atoms with van der Waals surface area (Å²) in [4.78, 5) is 0. The summed E-state index contributed by atoms with van der Waals surface area (Å²) in [6, 6.07) is 201. The fourth-order valence-electron chi connectivity index (χ4n) is 23.3. The first-order valence-electron chi connectivity index (χ1n) is 50.1. The van der Waals surface area contributed by atoms with Gasteiger partial charge >= 0.3 is 0 Å². The van der Waals surface area contributed by atoms with Crippen molar-refractivity contribution in [2.24, 2.45) is 0 Å². The Hall–Kier alpha value is -19.5. The van der Waals surface area contributed by atoms with Crippen LogP contribution in [0.3, 0.4) is 0 Å². The molecule has 23 aromatic carbocycles. The number of benzene rings is 23. The minimum absolute atomic E-state index is 1.16. The van der Waals surface area contributed by atoms with Gasteiger partial charge in [0.25, 0.3) is 0 Å². The quantitative estimate of drug-likeness (QED) is 0.124. The highest BCUT2D eigenvalue weighted by molar-refractivity contribution is 6.29. The van der Waals surface area contributed by atoms with E-state index in [0.717, 1.165) is 11.4 Å². The summed E-state index contributed by atoms with van der Waals surface area (Å²) in [6.45, 7) is 0. The number of rotatable bonds is 11. The van der Waals surface area contributed by atoms with E-state index in [-0.39, 0.29) is 0 Å². The maximum atomic E-state index is 2.44. The molecule has 8 nitrogen and oxygen atoms in total. The van der Waals surface area contributed by atoms with E-state index in [9.17, 15) is 0 Å². The number of hydrogen-bond acceptors (Lipinski definition) is 0. The van der Waals surface area contributed by atoms with Crippen LogP contribution in [0.2, 0.25) is 0 Å². The predicted molar refractivity (Wildman–Crippen MR) is 617 cm³/mol. The van der Waals surface area contributed by atoms with E-state index in [0.29, 0.717) is 0 Å². The van der Waals surface area contributed by atoms with Crippen LogP contribution in [-0.4, -0.2) is 36.5 Å². The molecular formula is C138H92N8. The van der Waals surface area contributed by atoms with Crippen LogP contribution < -0.4 is 0 Å². The maximum Gasteiger partial charge on any atom is 0.0788 e. The Balaban J connectivity index is 0.0000000945. The average Bonchev–Trinajstić information content (AvgIpc) is 1.54. The molecule has 0 N–H and O–H groups in total.